The van der Waals surface area contributed by atoms with E-state index in [1.807, 2.05) is 13.1 Å². The number of nitrogens with one attached hydrogen (secondary N) is 1. The fourth-order valence-electron chi connectivity index (χ4n) is 1.43. The van der Waals surface area contributed by atoms with Crippen molar-refractivity contribution in [3.05, 3.63) is 35.6 Å². The Hall–Kier alpha value is -0.930. The molecular formula is C11H17FN2. The van der Waals surface area contributed by atoms with Gasteiger partial charge in [0.1, 0.15) is 5.82 Å². The minimum atomic E-state index is -0.204. The van der Waals surface area contributed by atoms with E-state index in [1.165, 1.54) is 6.07 Å². The van der Waals surface area contributed by atoms with Gasteiger partial charge in [-0.3, -0.25) is 0 Å². The summed E-state index contributed by atoms with van der Waals surface area (Å²) in [4.78, 5) is 0. The number of hydrogen-bond acceptors (Lipinski definition) is 2. The second-order valence-corrected chi connectivity index (χ2v) is 3.37. The van der Waals surface area contributed by atoms with Crippen LogP contribution in [0.5, 0.6) is 0 Å². The van der Waals surface area contributed by atoms with Gasteiger partial charge in [0, 0.05) is 11.6 Å². The minimum absolute atomic E-state index is 0.190. The summed E-state index contributed by atoms with van der Waals surface area (Å²) in [6, 6.07) is 6.51. The molecule has 0 amide bonds. The van der Waals surface area contributed by atoms with Gasteiger partial charge < -0.3 is 11.1 Å². The predicted octanol–water partition coefficient (Wildman–Crippen LogP) is 1.83. The van der Waals surface area contributed by atoms with Gasteiger partial charge in [0.05, 0.1) is 0 Å². The van der Waals surface area contributed by atoms with Gasteiger partial charge in [-0.15, -0.1) is 0 Å². The van der Waals surface area contributed by atoms with Gasteiger partial charge in [-0.05, 0) is 32.5 Å². The lowest BCUT2D eigenvalue weighted by Gasteiger charge is -2.12. The van der Waals surface area contributed by atoms with Crippen molar-refractivity contribution in [1.82, 2.24) is 5.32 Å². The van der Waals surface area contributed by atoms with Gasteiger partial charge in [-0.1, -0.05) is 18.2 Å². The lowest BCUT2D eigenvalue weighted by Crippen LogP contribution is -2.15. The van der Waals surface area contributed by atoms with E-state index in [-0.39, 0.29) is 11.9 Å². The third kappa shape index (κ3) is 3.09. The van der Waals surface area contributed by atoms with E-state index in [1.54, 1.807) is 12.1 Å². The molecule has 1 aromatic rings. The van der Waals surface area contributed by atoms with E-state index in [2.05, 4.69) is 5.32 Å². The second-order valence-electron chi connectivity index (χ2n) is 3.37. The molecule has 1 atom stereocenters. The van der Waals surface area contributed by atoms with Crippen LogP contribution in [0, 0.1) is 5.82 Å². The number of nitrogens with two attached hydrogens (primary N) is 1. The molecule has 78 valence electrons. The molecule has 0 fully saturated rings. The standard InChI is InChI=1S/C11H17FN2/c1-14-8-4-7-11(13)9-5-2-3-6-10(9)12/h2-3,5-6,11,14H,4,7-8,13H2,1H3. The van der Waals surface area contributed by atoms with Gasteiger partial charge in [0.15, 0.2) is 0 Å². The lowest BCUT2D eigenvalue weighted by atomic mass is 10.0. The molecule has 1 unspecified atom stereocenters. The molecule has 1 aromatic carbocycles. The molecule has 0 bridgehead atoms. The Morgan fingerprint density at radius 2 is 2.14 bits per heavy atom. The van der Waals surface area contributed by atoms with Crippen molar-refractivity contribution in [3.8, 4) is 0 Å². The molecular weight excluding hydrogens is 179 g/mol. The van der Waals surface area contributed by atoms with Crippen molar-refractivity contribution in [2.75, 3.05) is 13.6 Å². The first kappa shape index (κ1) is 11.1. The van der Waals surface area contributed by atoms with Crippen molar-refractivity contribution >= 4 is 0 Å². The highest BCUT2D eigenvalue weighted by Crippen LogP contribution is 2.18. The number of hydrogen-bond donors (Lipinski definition) is 2. The third-order valence-electron chi connectivity index (χ3n) is 2.25. The monoisotopic (exact) mass is 196 g/mol. The first-order valence-electron chi connectivity index (χ1n) is 4.90. The summed E-state index contributed by atoms with van der Waals surface area (Å²) in [6.07, 6.45) is 1.77. The Kier molecular flexibility index (Phi) is 4.56. The largest absolute Gasteiger partial charge is 0.324 e. The zero-order valence-electron chi connectivity index (χ0n) is 8.46. The van der Waals surface area contributed by atoms with Crippen LogP contribution >= 0.6 is 0 Å². The number of benzene rings is 1. The van der Waals surface area contributed by atoms with Crippen LogP contribution in [0.25, 0.3) is 0 Å². The van der Waals surface area contributed by atoms with E-state index in [9.17, 15) is 4.39 Å². The van der Waals surface area contributed by atoms with Crippen molar-refractivity contribution in [3.63, 3.8) is 0 Å². The van der Waals surface area contributed by atoms with E-state index in [4.69, 9.17) is 5.73 Å². The summed E-state index contributed by atoms with van der Waals surface area (Å²) in [5, 5.41) is 3.04. The Morgan fingerprint density at radius 3 is 2.79 bits per heavy atom. The van der Waals surface area contributed by atoms with Crippen LogP contribution in [0.4, 0.5) is 4.39 Å². The quantitative estimate of drug-likeness (QED) is 0.705. The van der Waals surface area contributed by atoms with E-state index in [0.717, 1.165) is 19.4 Å². The Balaban J connectivity index is 2.51. The van der Waals surface area contributed by atoms with Gasteiger partial charge in [-0.25, -0.2) is 4.39 Å². The fraction of sp³-hybridized carbons (Fsp3) is 0.455. The number of rotatable bonds is 5. The predicted molar refractivity (Wildman–Crippen MR) is 56.5 cm³/mol. The minimum Gasteiger partial charge on any atom is -0.324 e. The summed E-state index contributed by atoms with van der Waals surface area (Å²) < 4.78 is 13.3. The number of halogens is 1. The average molecular weight is 196 g/mol. The van der Waals surface area contributed by atoms with Crippen molar-refractivity contribution in [1.29, 1.82) is 0 Å². The lowest BCUT2D eigenvalue weighted by molar-refractivity contribution is 0.544. The molecule has 3 heteroatoms. The molecule has 0 aromatic heterocycles. The van der Waals surface area contributed by atoms with E-state index in [0.29, 0.717) is 5.56 Å². The summed E-state index contributed by atoms with van der Waals surface area (Å²) in [5.74, 6) is -0.204. The molecule has 0 radical (unpaired) electrons. The first-order valence-corrected chi connectivity index (χ1v) is 4.90. The first-order chi connectivity index (χ1) is 6.75. The summed E-state index contributed by atoms with van der Waals surface area (Å²) in [7, 11) is 1.90. The van der Waals surface area contributed by atoms with Crippen LogP contribution in [0.1, 0.15) is 24.4 Å². The van der Waals surface area contributed by atoms with Gasteiger partial charge in [0.2, 0.25) is 0 Å². The van der Waals surface area contributed by atoms with Crippen molar-refractivity contribution in [2.24, 2.45) is 5.73 Å². The Bertz CT molecular complexity index is 276. The van der Waals surface area contributed by atoms with Gasteiger partial charge in [-0.2, -0.15) is 0 Å². The molecule has 0 aliphatic carbocycles. The topological polar surface area (TPSA) is 38.0 Å². The molecule has 0 saturated heterocycles. The molecule has 2 nitrogen and oxygen atoms in total. The third-order valence-corrected chi connectivity index (χ3v) is 2.25. The molecule has 0 saturated carbocycles. The second kappa shape index (κ2) is 5.73. The molecule has 3 N–H and O–H groups in total. The maximum Gasteiger partial charge on any atom is 0.127 e. The summed E-state index contributed by atoms with van der Waals surface area (Å²) >= 11 is 0. The zero-order valence-corrected chi connectivity index (χ0v) is 8.46. The van der Waals surface area contributed by atoms with Crippen LogP contribution in [0.15, 0.2) is 24.3 Å². The van der Waals surface area contributed by atoms with E-state index < -0.39 is 0 Å². The Labute approximate surface area is 84.3 Å². The maximum atomic E-state index is 13.3. The van der Waals surface area contributed by atoms with Gasteiger partial charge >= 0.3 is 0 Å². The smallest absolute Gasteiger partial charge is 0.127 e. The zero-order chi connectivity index (χ0) is 10.4. The molecule has 14 heavy (non-hydrogen) atoms. The fourth-order valence-corrected chi connectivity index (χ4v) is 1.43. The van der Waals surface area contributed by atoms with Crippen LogP contribution in [-0.2, 0) is 0 Å². The van der Waals surface area contributed by atoms with Crippen LogP contribution in [0.3, 0.4) is 0 Å². The highest BCUT2D eigenvalue weighted by Gasteiger charge is 2.09. The highest BCUT2D eigenvalue weighted by atomic mass is 19.1. The van der Waals surface area contributed by atoms with E-state index >= 15 is 0 Å². The maximum absolute atomic E-state index is 13.3. The van der Waals surface area contributed by atoms with Crippen LogP contribution in [0.2, 0.25) is 0 Å². The molecule has 1 rings (SSSR count). The molecule has 0 aliphatic heterocycles. The Morgan fingerprint density at radius 1 is 1.43 bits per heavy atom. The van der Waals surface area contributed by atoms with Crippen molar-refractivity contribution < 1.29 is 4.39 Å². The average Bonchev–Trinajstić information content (AvgIpc) is 2.18. The SMILES string of the molecule is CNCCCC(N)c1ccccc1F. The molecule has 0 spiro atoms. The molecule has 0 aliphatic rings. The highest BCUT2D eigenvalue weighted by molar-refractivity contribution is 5.20. The van der Waals surface area contributed by atoms with Gasteiger partial charge in [0.25, 0.3) is 0 Å². The molecule has 0 heterocycles. The normalized spacial score (nSPS) is 12.8. The summed E-state index contributed by atoms with van der Waals surface area (Å²) in [5.41, 5.74) is 6.48. The summed E-state index contributed by atoms with van der Waals surface area (Å²) in [6.45, 7) is 0.919. The van der Waals surface area contributed by atoms with Crippen molar-refractivity contribution in [2.45, 2.75) is 18.9 Å². The van der Waals surface area contributed by atoms with Crippen LogP contribution in [-0.4, -0.2) is 13.6 Å². The van der Waals surface area contributed by atoms with Crippen LogP contribution < -0.4 is 11.1 Å².